The number of rotatable bonds is 9. The van der Waals surface area contributed by atoms with E-state index in [2.05, 4.69) is 40.5 Å². The summed E-state index contributed by atoms with van der Waals surface area (Å²) in [6.07, 6.45) is 2.08. The molecule has 0 amide bonds. The van der Waals surface area contributed by atoms with Crippen molar-refractivity contribution in [3.63, 3.8) is 0 Å². The first kappa shape index (κ1) is 22.8. The topological polar surface area (TPSA) is 82.6 Å². The second-order valence-corrected chi connectivity index (χ2v) is 10.3. The summed E-state index contributed by atoms with van der Waals surface area (Å²) < 4.78 is 27.2. The Labute approximate surface area is 162 Å². The minimum absolute atomic E-state index is 0.0332. The number of benzene rings is 1. The fraction of sp³-hybridized carbons (Fsp3) is 0.611. The molecule has 1 aromatic carbocycles. The highest BCUT2D eigenvalue weighted by Gasteiger charge is 2.17. The van der Waals surface area contributed by atoms with E-state index in [1.807, 2.05) is 38.1 Å². The SMILES string of the molecule is CN=C(NCc1ccccc1CS(=O)(=O)NC(C)C)NCC(C)(C)SC. The van der Waals surface area contributed by atoms with Crippen molar-refractivity contribution in [1.82, 2.24) is 15.4 Å². The van der Waals surface area contributed by atoms with Gasteiger partial charge in [-0.15, -0.1) is 0 Å². The third-order valence-electron chi connectivity index (χ3n) is 3.78. The van der Waals surface area contributed by atoms with Crippen LogP contribution in [0.25, 0.3) is 0 Å². The van der Waals surface area contributed by atoms with Crippen molar-refractivity contribution in [3.8, 4) is 0 Å². The number of hydrogen-bond acceptors (Lipinski definition) is 4. The molecule has 3 N–H and O–H groups in total. The second kappa shape index (κ2) is 10.2. The van der Waals surface area contributed by atoms with Gasteiger partial charge in [-0.3, -0.25) is 4.99 Å². The molecule has 148 valence electrons. The van der Waals surface area contributed by atoms with Crippen LogP contribution in [0.4, 0.5) is 0 Å². The van der Waals surface area contributed by atoms with E-state index in [1.54, 1.807) is 18.8 Å². The van der Waals surface area contributed by atoms with Crippen LogP contribution in [0.15, 0.2) is 29.3 Å². The summed E-state index contributed by atoms with van der Waals surface area (Å²) in [6.45, 7) is 9.25. The van der Waals surface area contributed by atoms with Gasteiger partial charge in [-0.05, 0) is 45.1 Å². The van der Waals surface area contributed by atoms with E-state index >= 15 is 0 Å². The Morgan fingerprint density at radius 3 is 2.35 bits per heavy atom. The number of nitrogens with one attached hydrogen (secondary N) is 3. The summed E-state index contributed by atoms with van der Waals surface area (Å²) in [5.74, 6) is 0.666. The van der Waals surface area contributed by atoms with Gasteiger partial charge in [-0.25, -0.2) is 13.1 Å². The van der Waals surface area contributed by atoms with Crippen LogP contribution in [-0.4, -0.2) is 45.0 Å². The van der Waals surface area contributed by atoms with Gasteiger partial charge in [-0.1, -0.05) is 24.3 Å². The molecule has 0 fully saturated rings. The number of guanidine groups is 1. The number of hydrogen-bond donors (Lipinski definition) is 3. The molecule has 0 spiro atoms. The Balaban J connectivity index is 2.76. The van der Waals surface area contributed by atoms with Gasteiger partial charge in [0.2, 0.25) is 10.0 Å². The second-order valence-electron chi connectivity index (χ2n) is 7.04. The molecule has 0 bridgehead atoms. The standard InChI is InChI=1S/C18H32N4O2S2/c1-14(2)22-26(23,24)12-16-10-8-7-9-15(16)11-20-17(19-5)21-13-18(3,4)25-6/h7-10,14,22H,11-13H2,1-6H3,(H2,19,20,21). The summed E-state index contributed by atoms with van der Waals surface area (Å²) in [4.78, 5) is 4.24. The number of sulfonamides is 1. The number of nitrogens with zero attached hydrogens (tertiary/aromatic N) is 1. The molecule has 0 aromatic heterocycles. The summed E-state index contributed by atoms with van der Waals surface area (Å²) in [5.41, 5.74) is 1.72. The van der Waals surface area contributed by atoms with E-state index < -0.39 is 10.0 Å². The summed E-state index contributed by atoms with van der Waals surface area (Å²) in [7, 11) is -1.63. The van der Waals surface area contributed by atoms with Crippen molar-refractivity contribution in [1.29, 1.82) is 0 Å². The van der Waals surface area contributed by atoms with Crippen molar-refractivity contribution in [2.45, 2.75) is 50.8 Å². The maximum absolute atomic E-state index is 12.2. The fourth-order valence-electron chi connectivity index (χ4n) is 2.24. The van der Waals surface area contributed by atoms with Gasteiger partial charge in [0.05, 0.1) is 5.75 Å². The molecule has 0 saturated heterocycles. The van der Waals surface area contributed by atoms with Crippen molar-refractivity contribution in [2.24, 2.45) is 4.99 Å². The molecule has 26 heavy (non-hydrogen) atoms. The van der Waals surface area contributed by atoms with E-state index in [1.165, 1.54) is 0 Å². The van der Waals surface area contributed by atoms with E-state index in [4.69, 9.17) is 0 Å². The van der Waals surface area contributed by atoms with Gasteiger partial charge in [0, 0.05) is 30.9 Å². The van der Waals surface area contributed by atoms with Gasteiger partial charge in [0.25, 0.3) is 0 Å². The summed E-state index contributed by atoms with van der Waals surface area (Å²) in [5, 5.41) is 6.58. The van der Waals surface area contributed by atoms with Crippen LogP contribution in [0.5, 0.6) is 0 Å². The minimum Gasteiger partial charge on any atom is -0.355 e. The monoisotopic (exact) mass is 400 g/mol. The highest BCUT2D eigenvalue weighted by Crippen LogP contribution is 2.19. The van der Waals surface area contributed by atoms with E-state index in [9.17, 15) is 8.42 Å². The zero-order valence-electron chi connectivity index (χ0n) is 16.6. The molecule has 1 rings (SSSR count). The van der Waals surface area contributed by atoms with E-state index in [-0.39, 0.29) is 16.5 Å². The normalized spacial score (nSPS) is 13.1. The third-order valence-corrected chi connectivity index (χ3v) is 6.55. The van der Waals surface area contributed by atoms with Crippen LogP contribution in [0, 0.1) is 0 Å². The summed E-state index contributed by atoms with van der Waals surface area (Å²) >= 11 is 1.79. The van der Waals surface area contributed by atoms with Gasteiger partial charge < -0.3 is 10.6 Å². The molecule has 6 nitrogen and oxygen atoms in total. The van der Waals surface area contributed by atoms with Crippen molar-refractivity contribution < 1.29 is 8.42 Å². The molecule has 0 aliphatic heterocycles. The smallest absolute Gasteiger partial charge is 0.216 e. The van der Waals surface area contributed by atoms with Gasteiger partial charge in [-0.2, -0.15) is 11.8 Å². The zero-order chi connectivity index (χ0) is 19.8. The molecule has 0 unspecified atom stereocenters. The lowest BCUT2D eigenvalue weighted by Crippen LogP contribution is -2.43. The first-order valence-electron chi connectivity index (χ1n) is 8.65. The summed E-state index contributed by atoms with van der Waals surface area (Å²) in [6, 6.07) is 7.44. The number of aliphatic imine (C=N–C) groups is 1. The average molecular weight is 401 g/mol. The molecule has 0 heterocycles. The van der Waals surface area contributed by atoms with Crippen LogP contribution in [0.1, 0.15) is 38.8 Å². The Morgan fingerprint density at radius 2 is 1.81 bits per heavy atom. The molecular formula is C18H32N4O2S2. The molecule has 0 radical (unpaired) electrons. The van der Waals surface area contributed by atoms with Crippen LogP contribution in [-0.2, 0) is 22.3 Å². The predicted octanol–water partition coefficient (Wildman–Crippen LogP) is 2.32. The average Bonchev–Trinajstić information content (AvgIpc) is 2.54. The maximum atomic E-state index is 12.2. The predicted molar refractivity (Wildman–Crippen MR) is 113 cm³/mol. The molecular weight excluding hydrogens is 368 g/mol. The Bertz CT molecular complexity index is 701. The zero-order valence-corrected chi connectivity index (χ0v) is 18.2. The van der Waals surface area contributed by atoms with Crippen LogP contribution in [0.3, 0.4) is 0 Å². The largest absolute Gasteiger partial charge is 0.355 e. The molecule has 0 atom stereocenters. The lowest BCUT2D eigenvalue weighted by Gasteiger charge is -2.24. The van der Waals surface area contributed by atoms with Crippen LogP contribution in [0.2, 0.25) is 0 Å². The first-order valence-corrected chi connectivity index (χ1v) is 11.5. The van der Waals surface area contributed by atoms with Gasteiger partial charge in [0.15, 0.2) is 5.96 Å². The minimum atomic E-state index is -3.36. The lowest BCUT2D eigenvalue weighted by atomic mass is 10.1. The van der Waals surface area contributed by atoms with Crippen LogP contribution >= 0.6 is 11.8 Å². The van der Waals surface area contributed by atoms with Gasteiger partial charge >= 0.3 is 0 Å². The highest BCUT2D eigenvalue weighted by molar-refractivity contribution is 7.99. The van der Waals surface area contributed by atoms with Crippen molar-refractivity contribution in [3.05, 3.63) is 35.4 Å². The van der Waals surface area contributed by atoms with E-state index in [0.29, 0.717) is 12.5 Å². The molecule has 0 saturated carbocycles. The highest BCUT2D eigenvalue weighted by atomic mass is 32.2. The van der Waals surface area contributed by atoms with Crippen molar-refractivity contribution >= 4 is 27.7 Å². The quantitative estimate of drug-likeness (QED) is 0.438. The molecule has 0 aliphatic carbocycles. The van der Waals surface area contributed by atoms with E-state index in [0.717, 1.165) is 17.7 Å². The Hall–Kier alpha value is -1.25. The first-order chi connectivity index (χ1) is 12.1. The molecule has 0 aliphatic rings. The van der Waals surface area contributed by atoms with Gasteiger partial charge in [0.1, 0.15) is 0 Å². The lowest BCUT2D eigenvalue weighted by molar-refractivity contribution is 0.568. The number of thioether (sulfide) groups is 1. The third kappa shape index (κ3) is 8.42. The van der Waals surface area contributed by atoms with Crippen molar-refractivity contribution in [2.75, 3.05) is 19.8 Å². The van der Waals surface area contributed by atoms with Crippen LogP contribution < -0.4 is 15.4 Å². The molecule has 8 heteroatoms. The fourth-order valence-corrected chi connectivity index (χ4v) is 3.95. The maximum Gasteiger partial charge on any atom is 0.216 e. The molecule has 1 aromatic rings. The Morgan fingerprint density at radius 1 is 1.19 bits per heavy atom. The Kier molecular flexibility index (Phi) is 8.92.